The minimum Gasteiger partial charge on any atom is -0.461 e. The van der Waals surface area contributed by atoms with Crippen molar-refractivity contribution in [1.29, 1.82) is 0 Å². The van der Waals surface area contributed by atoms with Gasteiger partial charge in [-0.1, -0.05) is 46.4 Å². The summed E-state index contributed by atoms with van der Waals surface area (Å²) in [5.74, 6) is -2.88. The number of hydrogen-bond acceptors (Lipinski definition) is 6. The van der Waals surface area contributed by atoms with Crippen LogP contribution in [0, 0.1) is 23.2 Å². The third-order valence-electron chi connectivity index (χ3n) is 8.26. The van der Waals surface area contributed by atoms with E-state index in [1.165, 1.54) is 11.0 Å². The minimum atomic E-state index is -1.17. The molecule has 36 heavy (non-hydrogen) atoms. The van der Waals surface area contributed by atoms with E-state index in [0.717, 1.165) is 6.42 Å². The summed E-state index contributed by atoms with van der Waals surface area (Å²) >= 11 is 0. The molecule has 1 N–H and O–H groups in total. The number of ether oxygens (including phenoxy) is 2. The molecule has 3 rings (SSSR count). The largest absolute Gasteiger partial charge is 0.461 e. The number of carbonyl (C=O) groups excluding carboxylic acids is 3. The molecule has 0 aromatic carbocycles. The Balaban J connectivity index is 2.12. The number of hydrogen-bond donors (Lipinski definition) is 1. The Hall–Kier alpha value is -2.19. The van der Waals surface area contributed by atoms with Crippen molar-refractivity contribution in [3.05, 3.63) is 25.3 Å². The van der Waals surface area contributed by atoms with Crippen molar-refractivity contribution >= 4 is 17.8 Å². The molecule has 3 aliphatic heterocycles. The van der Waals surface area contributed by atoms with Crippen LogP contribution in [-0.2, 0) is 23.9 Å². The van der Waals surface area contributed by atoms with E-state index in [0.29, 0.717) is 13.0 Å². The van der Waals surface area contributed by atoms with Crippen LogP contribution in [0.1, 0.15) is 61.3 Å². The molecule has 3 saturated heterocycles. The summed E-state index contributed by atoms with van der Waals surface area (Å²) < 4.78 is 12.1. The van der Waals surface area contributed by atoms with E-state index in [4.69, 9.17) is 9.47 Å². The average Bonchev–Trinajstić information content (AvgIpc) is 3.25. The van der Waals surface area contributed by atoms with E-state index in [1.807, 2.05) is 27.7 Å². The highest BCUT2D eigenvalue weighted by Crippen LogP contribution is 2.65. The summed E-state index contributed by atoms with van der Waals surface area (Å²) in [5.41, 5.74) is -2.70. The molecule has 2 bridgehead atoms. The van der Waals surface area contributed by atoms with Crippen LogP contribution in [0.25, 0.3) is 0 Å². The molecule has 8 heteroatoms. The van der Waals surface area contributed by atoms with Gasteiger partial charge in [0.05, 0.1) is 18.1 Å². The fourth-order valence-electron chi connectivity index (χ4n) is 7.26. The van der Waals surface area contributed by atoms with Crippen LogP contribution in [-0.4, -0.2) is 81.8 Å². The maximum atomic E-state index is 14.5. The van der Waals surface area contributed by atoms with Crippen LogP contribution < -0.4 is 0 Å². The third kappa shape index (κ3) is 4.40. The summed E-state index contributed by atoms with van der Waals surface area (Å²) in [6.45, 7) is 21.8. The van der Waals surface area contributed by atoms with E-state index >= 15 is 0 Å². The van der Waals surface area contributed by atoms with Crippen molar-refractivity contribution in [2.24, 2.45) is 23.2 Å². The highest BCUT2D eigenvalue weighted by molar-refractivity contribution is 5.98. The lowest BCUT2D eigenvalue weighted by Gasteiger charge is -2.45. The molecule has 0 aromatic rings. The standard InChI is InChI=1S/C28H44N2O6/c1-10-12-30(26(7,8)17-25(4,5)6)23(33)21-28-16-18(3)27(9,36-28)20(24(34)35-15-11-2)19(28)22(32)29(21)13-14-31/h10-11,18-21,31H,1-2,12-17H2,3-9H3/t18?,19-,20+,21?,27-,28?/m0/s1. The fourth-order valence-corrected chi connectivity index (χ4v) is 7.26. The first-order chi connectivity index (χ1) is 16.6. The SMILES string of the molecule is C=CCOC(=O)[C@H]1[C@H]2C(=O)N(CCO)C(C(=O)N(CC=C)C(C)(C)CC(C)(C)C)C23CC(C)[C@]1(C)O3. The number of likely N-dealkylation sites (tertiary alicyclic amines) is 1. The van der Waals surface area contributed by atoms with Crippen molar-refractivity contribution in [1.82, 2.24) is 9.80 Å². The van der Waals surface area contributed by atoms with Crippen LogP contribution in [0.5, 0.6) is 0 Å². The highest BCUT2D eigenvalue weighted by Gasteiger charge is 2.80. The molecule has 0 aliphatic carbocycles. The average molecular weight is 505 g/mol. The zero-order valence-electron chi connectivity index (χ0n) is 23.0. The first kappa shape index (κ1) is 28.4. The van der Waals surface area contributed by atoms with Crippen LogP contribution >= 0.6 is 0 Å². The number of carbonyl (C=O) groups is 3. The van der Waals surface area contributed by atoms with E-state index < -0.39 is 40.6 Å². The molecule has 8 nitrogen and oxygen atoms in total. The summed E-state index contributed by atoms with van der Waals surface area (Å²) in [5, 5.41) is 9.84. The van der Waals surface area contributed by atoms with Crippen molar-refractivity contribution in [2.75, 3.05) is 26.3 Å². The number of β-amino-alcohol motifs (C(OH)–C–C–N with tert-alkyl or cyclic N) is 1. The Bertz CT molecular complexity index is 923. The van der Waals surface area contributed by atoms with Gasteiger partial charge in [0.25, 0.3) is 0 Å². The first-order valence-corrected chi connectivity index (χ1v) is 12.9. The number of rotatable bonds is 10. The van der Waals surface area contributed by atoms with Crippen LogP contribution in [0.4, 0.5) is 0 Å². The molecule has 0 radical (unpaired) electrons. The van der Waals surface area contributed by atoms with Crippen molar-refractivity contribution < 1.29 is 29.0 Å². The zero-order valence-corrected chi connectivity index (χ0v) is 23.0. The molecule has 3 heterocycles. The minimum absolute atomic E-state index is 0.0159. The van der Waals surface area contributed by atoms with Crippen LogP contribution in [0.15, 0.2) is 25.3 Å². The van der Waals surface area contributed by atoms with E-state index in [-0.39, 0.29) is 42.9 Å². The van der Waals surface area contributed by atoms with Gasteiger partial charge in [0.15, 0.2) is 0 Å². The number of amides is 2. The predicted octanol–water partition coefficient (Wildman–Crippen LogP) is 2.95. The number of esters is 1. The lowest BCUT2D eigenvalue weighted by atomic mass is 9.62. The maximum Gasteiger partial charge on any atom is 0.313 e. The Morgan fingerprint density at radius 3 is 2.42 bits per heavy atom. The normalized spacial score (nSPS) is 33.4. The first-order valence-electron chi connectivity index (χ1n) is 12.9. The number of nitrogens with zero attached hydrogens (tertiary/aromatic N) is 2. The Morgan fingerprint density at radius 2 is 1.89 bits per heavy atom. The number of aliphatic hydroxyl groups excluding tert-OH is 1. The Kier molecular flexibility index (Phi) is 7.57. The molecular weight excluding hydrogens is 460 g/mol. The monoisotopic (exact) mass is 504 g/mol. The van der Waals surface area contributed by atoms with Gasteiger partial charge in [0.1, 0.15) is 24.2 Å². The second kappa shape index (κ2) is 9.60. The van der Waals surface area contributed by atoms with Gasteiger partial charge in [0.2, 0.25) is 11.8 Å². The van der Waals surface area contributed by atoms with Gasteiger partial charge in [-0.3, -0.25) is 14.4 Å². The smallest absolute Gasteiger partial charge is 0.313 e. The maximum absolute atomic E-state index is 14.5. The van der Waals surface area contributed by atoms with Gasteiger partial charge < -0.3 is 24.4 Å². The number of fused-ring (bicyclic) bond motifs is 1. The summed E-state index contributed by atoms with van der Waals surface area (Å²) in [6, 6.07) is -0.956. The molecule has 0 aromatic heterocycles. The molecule has 3 unspecified atom stereocenters. The van der Waals surface area contributed by atoms with Gasteiger partial charge in [0, 0.05) is 18.6 Å². The van der Waals surface area contributed by atoms with Gasteiger partial charge >= 0.3 is 5.97 Å². The predicted molar refractivity (Wildman–Crippen MR) is 137 cm³/mol. The van der Waals surface area contributed by atoms with E-state index in [2.05, 4.69) is 33.9 Å². The highest BCUT2D eigenvalue weighted by atomic mass is 16.6. The quantitative estimate of drug-likeness (QED) is 0.363. The van der Waals surface area contributed by atoms with E-state index in [1.54, 1.807) is 11.0 Å². The second-order valence-electron chi connectivity index (χ2n) is 12.7. The van der Waals surface area contributed by atoms with Crippen molar-refractivity contribution in [2.45, 2.75) is 84.1 Å². The van der Waals surface area contributed by atoms with Gasteiger partial charge in [-0.05, 0) is 44.9 Å². The lowest BCUT2D eigenvalue weighted by Crippen LogP contribution is -2.61. The van der Waals surface area contributed by atoms with Crippen molar-refractivity contribution in [3.63, 3.8) is 0 Å². The van der Waals surface area contributed by atoms with Crippen molar-refractivity contribution in [3.8, 4) is 0 Å². The zero-order chi connectivity index (χ0) is 27.3. The lowest BCUT2D eigenvalue weighted by molar-refractivity contribution is -0.162. The van der Waals surface area contributed by atoms with Gasteiger partial charge in [-0.2, -0.15) is 0 Å². The van der Waals surface area contributed by atoms with Gasteiger partial charge in [-0.15, -0.1) is 6.58 Å². The molecule has 3 fully saturated rings. The van der Waals surface area contributed by atoms with Gasteiger partial charge in [-0.25, -0.2) is 0 Å². The number of aliphatic hydroxyl groups is 1. The summed E-state index contributed by atoms with van der Waals surface area (Å²) in [4.78, 5) is 44.8. The van der Waals surface area contributed by atoms with E-state index in [9.17, 15) is 19.5 Å². The molecule has 3 aliphatic rings. The Labute approximate surface area is 215 Å². The molecule has 6 atom stereocenters. The fraction of sp³-hybridized carbons (Fsp3) is 0.750. The molecule has 202 valence electrons. The Morgan fingerprint density at radius 1 is 1.25 bits per heavy atom. The topological polar surface area (TPSA) is 96.4 Å². The molecule has 0 saturated carbocycles. The molecule has 2 amide bonds. The molecular formula is C28H44N2O6. The summed E-state index contributed by atoms with van der Waals surface area (Å²) in [7, 11) is 0. The van der Waals surface area contributed by atoms with Crippen LogP contribution in [0.2, 0.25) is 0 Å². The van der Waals surface area contributed by atoms with Crippen LogP contribution in [0.3, 0.4) is 0 Å². The molecule has 1 spiro atoms. The second-order valence-corrected chi connectivity index (χ2v) is 12.7. The summed E-state index contributed by atoms with van der Waals surface area (Å²) in [6.07, 6.45) is 4.36. The third-order valence-corrected chi connectivity index (χ3v) is 8.26.